The molecule has 0 spiro atoms. The third kappa shape index (κ3) is 5.39. The molecule has 3 heterocycles. The molecule has 1 fully saturated rings. The van der Waals surface area contributed by atoms with Crippen molar-refractivity contribution < 1.29 is 12.8 Å². The van der Waals surface area contributed by atoms with Crippen molar-refractivity contribution in [2.75, 3.05) is 16.6 Å². The van der Waals surface area contributed by atoms with Gasteiger partial charge >= 0.3 is 0 Å². The molecule has 0 saturated carbocycles. The van der Waals surface area contributed by atoms with Gasteiger partial charge in [-0.1, -0.05) is 29.5 Å². The van der Waals surface area contributed by atoms with E-state index in [1.807, 2.05) is 6.07 Å². The summed E-state index contributed by atoms with van der Waals surface area (Å²) in [7, 11) is -4.00. The van der Waals surface area contributed by atoms with Crippen LogP contribution in [0.1, 0.15) is 17.7 Å². The Balaban J connectivity index is 1.36. The third-order valence-electron chi connectivity index (χ3n) is 5.34. The maximum absolute atomic E-state index is 13.5. The summed E-state index contributed by atoms with van der Waals surface area (Å²) in [5.41, 5.74) is 0.778. The van der Waals surface area contributed by atoms with E-state index in [-0.39, 0.29) is 21.6 Å². The van der Waals surface area contributed by atoms with Gasteiger partial charge in [-0.3, -0.25) is 4.72 Å². The summed E-state index contributed by atoms with van der Waals surface area (Å²) >= 11 is 7.84. The average molecular weight is 528 g/mol. The number of nitrogens with one attached hydrogen (secondary N) is 3. The number of anilines is 3. The zero-order chi connectivity index (χ0) is 24.4. The molecule has 178 valence electrons. The van der Waals surface area contributed by atoms with Crippen LogP contribution in [0.5, 0.6) is 0 Å². The number of hydrogen-bond acceptors (Lipinski definition) is 7. The third-order valence-corrected chi connectivity index (χ3v) is 7.98. The first-order valence-corrected chi connectivity index (χ1v) is 13.4. The Morgan fingerprint density at radius 1 is 1.17 bits per heavy atom. The SMILES string of the molecule is O=S(=O)(Nc1ccc(Nc2ncnc3sc(C#C[C@H]4CCCN4)cc23)cc1Cl)c1cccc(F)c1. The second-order valence-electron chi connectivity index (χ2n) is 7.85. The van der Waals surface area contributed by atoms with E-state index in [2.05, 4.69) is 37.2 Å². The van der Waals surface area contributed by atoms with E-state index in [1.165, 1.54) is 41.9 Å². The van der Waals surface area contributed by atoms with E-state index in [0.717, 1.165) is 40.5 Å². The normalized spacial score (nSPS) is 15.5. The summed E-state index contributed by atoms with van der Waals surface area (Å²) in [6, 6.07) is 11.7. The van der Waals surface area contributed by atoms with Gasteiger partial charge in [0.05, 0.1) is 31.9 Å². The Morgan fingerprint density at radius 2 is 2.06 bits per heavy atom. The van der Waals surface area contributed by atoms with E-state index < -0.39 is 15.8 Å². The van der Waals surface area contributed by atoms with Crippen LogP contribution in [0.25, 0.3) is 10.2 Å². The molecule has 0 bridgehead atoms. The molecular weight excluding hydrogens is 509 g/mol. The van der Waals surface area contributed by atoms with Crippen molar-refractivity contribution in [1.29, 1.82) is 0 Å². The molecule has 0 amide bonds. The number of nitrogens with zero attached hydrogens (tertiary/aromatic N) is 2. The molecule has 5 rings (SSSR count). The summed E-state index contributed by atoms with van der Waals surface area (Å²) in [5.74, 6) is 6.42. The molecule has 7 nitrogen and oxygen atoms in total. The van der Waals surface area contributed by atoms with Crippen LogP contribution in [0.3, 0.4) is 0 Å². The minimum absolute atomic E-state index is 0.168. The molecule has 1 aliphatic rings. The number of sulfonamides is 1. The molecule has 35 heavy (non-hydrogen) atoms. The van der Waals surface area contributed by atoms with Gasteiger partial charge in [0.2, 0.25) is 0 Å². The fraction of sp³-hybridized carbons (Fsp3) is 0.167. The number of rotatable bonds is 5. The molecule has 4 aromatic rings. The molecule has 0 unspecified atom stereocenters. The number of hydrogen-bond donors (Lipinski definition) is 3. The van der Waals surface area contributed by atoms with Gasteiger partial charge in [-0.25, -0.2) is 22.8 Å². The van der Waals surface area contributed by atoms with Crippen molar-refractivity contribution in [2.45, 2.75) is 23.8 Å². The second-order valence-corrected chi connectivity index (χ2v) is 11.0. The number of halogens is 2. The van der Waals surface area contributed by atoms with Gasteiger partial charge in [0.25, 0.3) is 10.0 Å². The van der Waals surface area contributed by atoms with Crippen molar-refractivity contribution in [3.63, 3.8) is 0 Å². The van der Waals surface area contributed by atoms with Crippen molar-refractivity contribution >= 4 is 60.4 Å². The quantitative estimate of drug-likeness (QED) is 0.311. The Morgan fingerprint density at radius 3 is 2.83 bits per heavy atom. The zero-order valence-corrected chi connectivity index (χ0v) is 20.6. The standard InChI is InChI=1S/C24H19ClFN5O2S2/c25-21-12-17(7-9-22(21)31-35(32,33)19-5-1-3-15(26)11-19)30-23-20-13-18(34-24(20)29-14-28-23)8-6-16-4-2-10-27-16/h1,3,5,7,9,11-14,16,27,31H,2,4,10H2,(H,28,29,30)/t16-/m1/s1. The van der Waals surface area contributed by atoms with Gasteiger partial charge in [0.15, 0.2) is 0 Å². The van der Waals surface area contributed by atoms with Gasteiger partial charge in [-0.15, -0.1) is 11.3 Å². The van der Waals surface area contributed by atoms with Gasteiger partial charge in [0.1, 0.15) is 22.8 Å². The fourth-order valence-corrected chi connectivity index (χ4v) is 5.89. The highest BCUT2D eigenvalue weighted by atomic mass is 35.5. The van der Waals surface area contributed by atoms with Crippen LogP contribution in [-0.2, 0) is 10.0 Å². The molecule has 1 atom stereocenters. The van der Waals surface area contributed by atoms with Crippen LogP contribution < -0.4 is 15.4 Å². The van der Waals surface area contributed by atoms with Crippen LogP contribution >= 0.6 is 22.9 Å². The monoisotopic (exact) mass is 527 g/mol. The van der Waals surface area contributed by atoms with Crippen molar-refractivity contribution in [3.8, 4) is 11.8 Å². The Kier molecular flexibility index (Phi) is 6.58. The molecular formula is C24H19ClFN5O2S2. The highest BCUT2D eigenvalue weighted by molar-refractivity contribution is 7.92. The number of aromatic nitrogens is 2. The van der Waals surface area contributed by atoms with Crippen LogP contribution in [0.15, 0.2) is 59.8 Å². The molecule has 1 saturated heterocycles. The van der Waals surface area contributed by atoms with Gasteiger partial charge in [0, 0.05) is 5.69 Å². The lowest BCUT2D eigenvalue weighted by atomic mass is 10.2. The summed E-state index contributed by atoms with van der Waals surface area (Å²) in [5, 5.41) is 7.57. The first-order chi connectivity index (χ1) is 16.9. The fourth-order valence-electron chi connectivity index (χ4n) is 3.63. The summed E-state index contributed by atoms with van der Waals surface area (Å²) < 4.78 is 41.0. The lowest BCUT2D eigenvalue weighted by Gasteiger charge is -2.12. The van der Waals surface area contributed by atoms with E-state index in [9.17, 15) is 12.8 Å². The Hall–Kier alpha value is -3.23. The van der Waals surface area contributed by atoms with E-state index in [1.54, 1.807) is 12.1 Å². The number of thiophene rings is 1. The molecule has 0 aliphatic carbocycles. The molecule has 0 radical (unpaired) electrons. The van der Waals surface area contributed by atoms with E-state index in [0.29, 0.717) is 11.5 Å². The van der Waals surface area contributed by atoms with Crippen LogP contribution in [0.2, 0.25) is 5.02 Å². The molecule has 11 heteroatoms. The molecule has 2 aromatic carbocycles. The van der Waals surface area contributed by atoms with Gasteiger partial charge in [-0.05, 0) is 61.9 Å². The first kappa shape index (κ1) is 23.5. The van der Waals surface area contributed by atoms with Crippen molar-refractivity contribution in [3.05, 3.63) is 70.6 Å². The highest BCUT2D eigenvalue weighted by Crippen LogP contribution is 2.32. The van der Waals surface area contributed by atoms with Crippen LogP contribution in [0.4, 0.5) is 21.6 Å². The van der Waals surface area contributed by atoms with E-state index in [4.69, 9.17) is 11.6 Å². The second kappa shape index (κ2) is 9.79. The van der Waals surface area contributed by atoms with Crippen molar-refractivity contribution in [2.24, 2.45) is 0 Å². The number of fused-ring (bicyclic) bond motifs is 1. The maximum Gasteiger partial charge on any atom is 0.262 e. The topological polar surface area (TPSA) is 96.0 Å². The van der Waals surface area contributed by atoms with Crippen molar-refractivity contribution in [1.82, 2.24) is 15.3 Å². The summed E-state index contributed by atoms with van der Waals surface area (Å²) in [6.07, 6.45) is 3.67. The smallest absolute Gasteiger partial charge is 0.262 e. The lowest BCUT2D eigenvalue weighted by molar-refractivity contribution is 0.595. The minimum atomic E-state index is -4.00. The van der Waals surface area contributed by atoms with E-state index >= 15 is 0 Å². The predicted octanol–water partition coefficient (Wildman–Crippen LogP) is 5.13. The van der Waals surface area contributed by atoms with Gasteiger partial charge in [-0.2, -0.15) is 0 Å². The molecule has 3 N–H and O–H groups in total. The minimum Gasteiger partial charge on any atom is -0.340 e. The molecule has 2 aromatic heterocycles. The largest absolute Gasteiger partial charge is 0.340 e. The average Bonchev–Trinajstić information content (AvgIpc) is 3.49. The number of benzene rings is 2. The maximum atomic E-state index is 13.5. The Labute approximate surface area is 210 Å². The Bertz CT molecular complexity index is 1570. The first-order valence-electron chi connectivity index (χ1n) is 10.7. The highest BCUT2D eigenvalue weighted by Gasteiger charge is 2.17. The van der Waals surface area contributed by atoms with Crippen LogP contribution in [0, 0.1) is 17.7 Å². The lowest BCUT2D eigenvalue weighted by Crippen LogP contribution is -2.18. The predicted molar refractivity (Wildman–Crippen MR) is 137 cm³/mol. The molecule has 1 aliphatic heterocycles. The van der Waals surface area contributed by atoms with Gasteiger partial charge < -0.3 is 10.6 Å². The van der Waals surface area contributed by atoms with Crippen LogP contribution in [-0.4, -0.2) is 31.0 Å². The zero-order valence-electron chi connectivity index (χ0n) is 18.2. The summed E-state index contributed by atoms with van der Waals surface area (Å²) in [4.78, 5) is 10.2. The summed E-state index contributed by atoms with van der Waals surface area (Å²) in [6.45, 7) is 0.999.